The number of hydrogen-bond acceptors (Lipinski definition) is 4. The minimum absolute atomic E-state index is 0.124. The zero-order valence-corrected chi connectivity index (χ0v) is 18.4. The molecule has 0 saturated carbocycles. The molecule has 3 rings (SSSR count). The van der Waals surface area contributed by atoms with Gasteiger partial charge in [0.05, 0.1) is 12.2 Å². The quantitative estimate of drug-likeness (QED) is 0.335. The number of rotatable bonds is 7. The van der Waals surface area contributed by atoms with Crippen molar-refractivity contribution in [2.75, 3.05) is 6.61 Å². The number of ketones is 1. The van der Waals surface area contributed by atoms with Crippen molar-refractivity contribution in [1.29, 1.82) is 5.26 Å². The van der Waals surface area contributed by atoms with Crippen LogP contribution in [0.2, 0.25) is 0 Å². The summed E-state index contributed by atoms with van der Waals surface area (Å²) in [6.45, 7) is 8.19. The molecule has 158 valence electrons. The molecule has 0 aliphatic carbocycles. The van der Waals surface area contributed by atoms with Gasteiger partial charge in [-0.15, -0.1) is 0 Å². The maximum Gasteiger partial charge on any atom is 0.178 e. The van der Waals surface area contributed by atoms with E-state index in [2.05, 4.69) is 24.3 Å². The summed E-state index contributed by atoms with van der Waals surface area (Å²) in [5, 5.41) is 11.8. The van der Waals surface area contributed by atoms with E-state index < -0.39 is 5.41 Å². The van der Waals surface area contributed by atoms with Crippen molar-refractivity contribution in [3.05, 3.63) is 77.4 Å². The number of benzene rings is 3. The number of hydrogen-bond donors (Lipinski definition) is 0. The minimum atomic E-state index is -0.619. The van der Waals surface area contributed by atoms with Crippen LogP contribution in [0.15, 0.2) is 66.2 Å². The van der Waals surface area contributed by atoms with Crippen molar-refractivity contribution in [3.63, 3.8) is 0 Å². The van der Waals surface area contributed by atoms with Crippen LogP contribution < -0.4 is 9.47 Å². The molecule has 0 N–H and O–H groups in total. The van der Waals surface area contributed by atoms with Crippen LogP contribution >= 0.6 is 0 Å². The summed E-state index contributed by atoms with van der Waals surface area (Å²) in [6.07, 6.45) is 1.60. The van der Waals surface area contributed by atoms with E-state index in [0.717, 1.165) is 16.5 Å². The molecule has 4 nitrogen and oxygen atoms in total. The Morgan fingerprint density at radius 2 is 1.74 bits per heavy atom. The van der Waals surface area contributed by atoms with Gasteiger partial charge in [-0.2, -0.15) is 5.26 Å². The molecule has 0 radical (unpaired) electrons. The van der Waals surface area contributed by atoms with E-state index in [9.17, 15) is 10.1 Å². The maximum absolute atomic E-state index is 12.5. The van der Waals surface area contributed by atoms with Crippen LogP contribution in [0, 0.1) is 16.7 Å². The standard InChI is InChI=1S/C27H27NO3/c1-5-30-25-16-19(15-22(17-28)26(29)27(2,3)4)13-14-24(25)31-18-21-11-8-10-20-9-6-7-12-23(20)21/h6-16H,5,18H2,1-4H3. The largest absolute Gasteiger partial charge is 0.490 e. The zero-order valence-electron chi connectivity index (χ0n) is 18.4. The predicted octanol–water partition coefficient (Wildman–Crippen LogP) is 6.34. The second-order valence-electron chi connectivity index (χ2n) is 8.32. The SMILES string of the molecule is CCOc1cc(C=C(C#N)C(=O)C(C)(C)C)ccc1OCc1cccc2ccccc12. The number of nitrogens with zero attached hydrogens (tertiary/aromatic N) is 1. The van der Waals surface area contributed by atoms with Crippen LogP contribution in [0.5, 0.6) is 11.5 Å². The molecule has 0 saturated heterocycles. The highest BCUT2D eigenvalue weighted by molar-refractivity contribution is 6.06. The zero-order chi connectivity index (χ0) is 22.4. The van der Waals surface area contributed by atoms with Crippen molar-refractivity contribution >= 4 is 22.6 Å². The molecule has 0 aromatic heterocycles. The van der Waals surface area contributed by atoms with Crippen molar-refractivity contribution in [3.8, 4) is 17.6 Å². The number of Topliss-reactive ketones (excluding diaryl/α,β-unsaturated/α-hetero) is 1. The Hall–Kier alpha value is -3.58. The summed E-state index contributed by atoms with van der Waals surface area (Å²) in [7, 11) is 0. The lowest BCUT2D eigenvalue weighted by Gasteiger charge is -2.16. The van der Waals surface area contributed by atoms with Crippen LogP contribution in [-0.2, 0) is 11.4 Å². The van der Waals surface area contributed by atoms with Gasteiger partial charge in [0, 0.05) is 5.41 Å². The summed E-state index contributed by atoms with van der Waals surface area (Å²) < 4.78 is 11.9. The van der Waals surface area contributed by atoms with E-state index in [1.807, 2.05) is 43.3 Å². The highest BCUT2D eigenvalue weighted by Gasteiger charge is 2.25. The first kappa shape index (κ1) is 22.1. The third-order valence-corrected chi connectivity index (χ3v) is 4.89. The fraction of sp³-hybridized carbons (Fsp3) is 0.259. The van der Waals surface area contributed by atoms with Gasteiger partial charge in [0.25, 0.3) is 0 Å². The minimum Gasteiger partial charge on any atom is -0.490 e. The lowest BCUT2D eigenvalue weighted by Crippen LogP contribution is -2.21. The van der Waals surface area contributed by atoms with Gasteiger partial charge in [-0.1, -0.05) is 69.3 Å². The van der Waals surface area contributed by atoms with Gasteiger partial charge in [0.15, 0.2) is 17.3 Å². The Balaban J connectivity index is 1.88. The van der Waals surface area contributed by atoms with Crippen LogP contribution in [-0.4, -0.2) is 12.4 Å². The summed E-state index contributed by atoms with van der Waals surface area (Å²) >= 11 is 0. The smallest absolute Gasteiger partial charge is 0.178 e. The van der Waals surface area contributed by atoms with Gasteiger partial charge >= 0.3 is 0 Å². The summed E-state index contributed by atoms with van der Waals surface area (Å²) in [5.74, 6) is 1.01. The molecule has 0 aliphatic rings. The van der Waals surface area contributed by atoms with E-state index in [0.29, 0.717) is 24.7 Å². The first-order valence-corrected chi connectivity index (χ1v) is 10.4. The lowest BCUT2D eigenvalue weighted by atomic mass is 9.86. The molecule has 0 heterocycles. The number of allylic oxidation sites excluding steroid dienone is 1. The third kappa shape index (κ3) is 5.32. The van der Waals surface area contributed by atoms with Crippen LogP contribution in [0.4, 0.5) is 0 Å². The molecular weight excluding hydrogens is 386 g/mol. The van der Waals surface area contributed by atoms with E-state index >= 15 is 0 Å². The average molecular weight is 414 g/mol. The van der Waals surface area contributed by atoms with Crippen LogP contribution in [0.1, 0.15) is 38.8 Å². The second-order valence-corrected chi connectivity index (χ2v) is 8.32. The van der Waals surface area contributed by atoms with E-state index in [1.54, 1.807) is 32.9 Å². The molecule has 0 fully saturated rings. The predicted molar refractivity (Wildman–Crippen MR) is 124 cm³/mol. The van der Waals surface area contributed by atoms with Crippen LogP contribution in [0.3, 0.4) is 0 Å². The molecule has 3 aromatic rings. The Morgan fingerprint density at radius 3 is 2.45 bits per heavy atom. The molecule has 0 amide bonds. The molecule has 31 heavy (non-hydrogen) atoms. The number of fused-ring (bicyclic) bond motifs is 1. The normalized spacial score (nSPS) is 11.8. The van der Waals surface area contributed by atoms with E-state index in [1.165, 1.54) is 5.39 Å². The first-order valence-electron chi connectivity index (χ1n) is 10.4. The summed E-state index contributed by atoms with van der Waals surface area (Å²) in [6, 6.07) is 21.8. The van der Waals surface area contributed by atoms with Gasteiger partial charge in [-0.3, -0.25) is 4.79 Å². The molecule has 0 atom stereocenters. The molecular formula is C27H27NO3. The Bertz CT molecular complexity index is 1160. The van der Waals surface area contributed by atoms with E-state index in [-0.39, 0.29) is 11.4 Å². The highest BCUT2D eigenvalue weighted by Crippen LogP contribution is 2.31. The molecule has 0 spiro atoms. The van der Waals surface area contributed by atoms with Gasteiger partial charge < -0.3 is 9.47 Å². The van der Waals surface area contributed by atoms with Crippen LogP contribution in [0.25, 0.3) is 16.8 Å². The monoisotopic (exact) mass is 413 g/mol. The summed E-state index contributed by atoms with van der Waals surface area (Å²) in [4.78, 5) is 12.5. The van der Waals surface area contributed by atoms with Gasteiger partial charge in [0.1, 0.15) is 12.7 Å². The number of carbonyl (C=O) groups excluding carboxylic acids is 1. The Labute approximate surface area is 183 Å². The molecule has 0 unspecified atom stereocenters. The number of ether oxygens (including phenoxy) is 2. The molecule has 0 aliphatic heterocycles. The Kier molecular flexibility index (Phi) is 6.77. The van der Waals surface area contributed by atoms with Gasteiger partial charge in [-0.05, 0) is 47.0 Å². The second kappa shape index (κ2) is 9.49. The van der Waals surface area contributed by atoms with Crippen molar-refractivity contribution in [2.24, 2.45) is 5.41 Å². The Morgan fingerprint density at radius 1 is 1.00 bits per heavy atom. The topological polar surface area (TPSA) is 59.3 Å². The van der Waals surface area contributed by atoms with Gasteiger partial charge in [-0.25, -0.2) is 0 Å². The average Bonchev–Trinajstić information content (AvgIpc) is 2.76. The van der Waals surface area contributed by atoms with Crippen molar-refractivity contribution in [1.82, 2.24) is 0 Å². The number of carbonyl (C=O) groups is 1. The fourth-order valence-electron chi connectivity index (χ4n) is 3.30. The van der Waals surface area contributed by atoms with Crippen molar-refractivity contribution in [2.45, 2.75) is 34.3 Å². The van der Waals surface area contributed by atoms with Crippen molar-refractivity contribution < 1.29 is 14.3 Å². The van der Waals surface area contributed by atoms with E-state index in [4.69, 9.17) is 9.47 Å². The third-order valence-electron chi connectivity index (χ3n) is 4.89. The fourth-order valence-corrected chi connectivity index (χ4v) is 3.30. The lowest BCUT2D eigenvalue weighted by molar-refractivity contribution is -0.121. The summed E-state index contributed by atoms with van der Waals surface area (Å²) in [5.41, 5.74) is 1.31. The maximum atomic E-state index is 12.5. The highest BCUT2D eigenvalue weighted by atomic mass is 16.5. The number of nitriles is 1. The molecule has 0 bridgehead atoms. The first-order chi connectivity index (χ1) is 14.8. The molecule has 4 heteroatoms. The van der Waals surface area contributed by atoms with Gasteiger partial charge in [0.2, 0.25) is 0 Å². The molecule has 3 aromatic carbocycles.